The summed E-state index contributed by atoms with van der Waals surface area (Å²) in [7, 11) is 3.95. The number of likely N-dealkylation sites (tertiary alicyclic amines) is 1. The monoisotopic (exact) mass is 375 g/mol. The number of hydrogen-bond donors (Lipinski definition) is 1. The average molecular weight is 376 g/mol. The van der Waals surface area contributed by atoms with Gasteiger partial charge in [0.05, 0.1) is 5.00 Å². The predicted octanol–water partition coefficient (Wildman–Crippen LogP) is 2.92. The van der Waals surface area contributed by atoms with Crippen molar-refractivity contribution in [1.29, 1.82) is 0 Å². The molecule has 0 bridgehead atoms. The van der Waals surface area contributed by atoms with Crippen molar-refractivity contribution >= 4 is 28.2 Å². The van der Waals surface area contributed by atoms with E-state index >= 15 is 0 Å². The normalized spacial score (nSPS) is 18.3. The van der Waals surface area contributed by atoms with Gasteiger partial charge in [-0.05, 0) is 64.3 Å². The van der Waals surface area contributed by atoms with E-state index < -0.39 is 0 Å². The van der Waals surface area contributed by atoms with Gasteiger partial charge in [-0.25, -0.2) is 0 Å². The first-order valence-electron chi connectivity index (χ1n) is 9.55. The second-order valence-corrected chi connectivity index (χ2v) is 8.66. The van der Waals surface area contributed by atoms with E-state index in [2.05, 4.69) is 11.4 Å². The maximum atomic E-state index is 12.6. The van der Waals surface area contributed by atoms with Crippen LogP contribution in [0.15, 0.2) is 18.2 Å². The summed E-state index contributed by atoms with van der Waals surface area (Å²) in [5.41, 5.74) is 1.42. The van der Waals surface area contributed by atoms with Gasteiger partial charge in [0.2, 0.25) is 11.8 Å². The van der Waals surface area contributed by atoms with E-state index in [0.29, 0.717) is 13.1 Å². The van der Waals surface area contributed by atoms with Crippen LogP contribution in [0.2, 0.25) is 0 Å². The quantitative estimate of drug-likeness (QED) is 0.805. The van der Waals surface area contributed by atoms with E-state index in [4.69, 9.17) is 0 Å². The predicted molar refractivity (Wildman–Crippen MR) is 107 cm³/mol. The molecule has 3 rings (SSSR count). The summed E-state index contributed by atoms with van der Waals surface area (Å²) in [5.74, 6) is 0.166. The summed E-state index contributed by atoms with van der Waals surface area (Å²) in [4.78, 5) is 30.1. The summed E-state index contributed by atoms with van der Waals surface area (Å²) in [6, 6.07) is 2.16. The Hall–Kier alpha value is -1.66. The molecular formula is C20H29N3O2S. The molecular weight excluding hydrogens is 346 g/mol. The van der Waals surface area contributed by atoms with Gasteiger partial charge < -0.3 is 15.1 Å². The molecule has 1 fully saturated rings. The number of anilines is 1. The van der Waals surface area contributed by atoms with Gasteiger partial charge in [0, 0.05) is 36.5 Å². The number of likely N-dealkylation sites (N-methyl/N-ethyl adjacent to an activating group) is 1. The Morgan fingerprint density at radius 2 is 2.00 bits per heavy atom. The lowest BCUT2D eigenvalue weighted by Crippen LogP contribution is -2.40. The van der Waals surface area contributed by atoms with Crippen LogP contribution in [-0.2, 0) is 22.4 Å². The van der Waals surface area contributed by atoms with E-state index in [9.17, 15) is 9.59 Å². The van der Waals surface area contributed by atoms with E-state index in [-0.39, 0.29) is 17.7 Å². The Bertz CT molecular complexity index is 649. The first-order valence-corrected chi connectivity index (χ1v) is 10.4. The van der Waals surface area contributed by atoms with Gasteiger partial charge in [-0.1, -0.05) is 6.08 Å². The number of piperidine rings is 1. The van der Waals surface area contributed by atoms with Crippen LogP contribution < -0.4 is 5.32 Å². The molecule has 1 aromatic rings. The van der Waals surface area contributed by atoms with Gasteiger partial charge in [-0.2, -0.15) is 0 Å². The van der Waals surface area contributed by atoms with Crippen LogP contribution >= 0.6 is 11.3 Å². The standard InChI is InChI=1S/C20H29N3O2S/c1-22(2)11-5-8-19(24)23-12-9-15(10-13-23)20(25)21-18-14-16-6-3-4-7-17(16)26-18/h5,8,14-15H,3-4,6-7,9-13H2,1-2H3,(H,21,25)/b8-5+. The molecule has 2 heterocycles. The van der Waals surface area contributed by atoms with Crippen molar-refractivity contribution in [3.63, 3.8) is 0 Å². The Morgan fingerprint density at radius 3 is 2.69 bits per heavy atom. The smallest absolute Gasteiger partial charge is 0.246 e. The van der Waals surface area contributed by atoms with Crippen LogP contribution in [-0.4, -0.2) is 55.3 Å². The number of fused-ring (bicyclic) bond motifs is 1. The lowest BCUT2D eigenvalue weighted by molar-refractivity contribution is -0.130. The number of hydrogen-bond acceptors (Lipinski definition) is 4. The molecule has 2 amide bonds. The third kappa shape index (κ3) is 4.95. The van der Waals surface area contributed by atoms with Crippen LogP contribution in [0.1, 0.15) is 36.1 Å². The number of rotatable bonds is 5. The highest BCUT2D eigenvalue weighted by Gasteiger charge is 2.27. The second kappa shape index (κ2) is 8.82. The van der Waals surface area contributed by atoms with Crippen molar-refractivity contribution in [2.24, 2.45) is 5.92 Å². The van der Waals surface area contributed by atoms with Crippen molar-refractivity contribution in [2.45, 2.75) is 38.5 Å². The van der Waals surface area contributed by atoms with Gasteiger partial charge in [-0.3, -0.25) is 9.59 Å². The molecule has 2 aliphatic rings. The molecule has 0 radical (unpaired) electrons. The summed E-state index contributed by atoms with van der Waals surface area (Å²) < 4.78 is 0. The van der Waals surface area contributed by atoms with Crippen LogP contribution in [0.4, 0.5) is 5.00 Å². The highest BCUT2D eigenvalue weighted by molar-refractivity contribution is 7.16. The van der Waals surface area contributed by atoms with Crippen LogP contribution in [0.5, 0.6) is 0 Å². The summed E-state index contributed by atoms with van der Waals surface area (Å²) >= 11 is 1.73. The molecule has 1 saturated heterocycles. The molecule has 1 aromatic heterocycles. The van der Waals surface area contributed by atoms with Crippen molar-refractivity contribution in [2.75, 3.05) is 39.0 Å². The van der Waals surface area contributed by atoms with Gasteiger partial charge in [0.1, 0.15) is 0 Å². The summed E-state index contributed by atoms with van der Waals surface area (Å²) in [6.45, 7) is 2.07. The van der Waals surface area contributed by atoms with Crippen LogP contribution in [0.3, 0.4) is 0 Å². The van der Waals surface area contributed by atoms with Crippen molar-refractivity contribution in [3.05, 3.63) is 28.7 Å². The highest BCUT2D eigenvalue weighted by atomic mass is 32.1. The highest BCUT2D eigenvalue weighted by Crippen LogP contribution is 2.33. The maximum Gasteiger partial charge on any atom is 0.246 e. The Balaban J connectivity index is 1.47. The number of carbonyl (C=O) groups excluding carboxylic acids is 2. The average Bonchev–Trinajstić information content (AvgIpc) is 3.03. The third-order valence-corrected chi connectivity index (χ3v) is 6.30. The Kier molecular flexibility index (Phi) is 6.48. The largest absolute Gasteiger partial charge is 0.339 e. The zero-order valence-corrected chi connectivity index (χ0v) is 16.6. The van der Waals surface area contributed by atoms with E-state index in [1.807, 2.05) is 30.0 Å². The molecule has 6 heteroatoms. The number of nitrogens with zero attached hydrogens (tertiary/aromatic N) is 2. The molecule has 0 aromatic carbocycles. The molecule has 1 N–H and O–H groups in total. The zero-order chi connectivity index (χ0) is 18.5. The molecule has 5 nitrogen and oxygen atoms in total. The van der Waals surface area contributed by atoms with Crippen molar-refractivity contribution in [1.82, 2.24) is 9.80 Å². The molecule has 1 aliphatic heterocycles. The molecule has 26 heavy (non-hydrogen) atoms. The SMILES string of the molecule is CN(C)C/C=C/C(=O)N1CCC(C(=O)Nc2cc3c(s2)CCCC3)CC1. The van der Waals surface area contributed by atoms with Gasteiger partial charge >= 0.3 is 0 Å². The molecule has 0 atom stereocenters. The van der Waals surface area contributed by atoms with Crippen molar-refractivity contribution < 1.29 is 9.59 Å². The number of amides is 2. The molecule has 0 spiro atoms. The molecule has 0 saturated carbocycles. The number of aryl methyl sites for hydroxylation is 2. The minimum Gasteiger partial charge on any atom is -0.339 e. The lowest BCUT2D eigenvalue weighted by Gasteiger charge is -2.30. The number of nitrogens with one attached hydrogen (secondary N) is 1. The van der Waals surface area contributed by atoms with Gasteiger partial charge in [-0.15, -0.1) is 11.3 Å². The number of carbonyl (C=O) groups is 2. The molecule has 142 valence electrons. The fourth-order valence-corrected chi connectivity index (χ4v) is 4.76. The number of thiophene rings is 1. The maximum absolute atomic E-state index is 12.6. The van der Waals surface area contributed by atoms with Gasteiger partial charge in [0.25, 0.3) is 0 Å². The Labute approximate surface area is 160 Å². The van der Waals surface area contributed by atoms with Gasteiger partial charge in [0.15, 0.2) is 0 Å². The lowest BCUT2D eigenvalue weighted by atomic mass is 9.96. The molecule has 1 aliphatic carbocycles. The third-order valence-electron chi connectivity index (χ3n) is 5.15. The minimum atomic E-state index is 0.00364. The van der Waals surface area contributed by atoms with E-state index in [1.165, 1.54) is 23.3 Å². The summed E-state index contributed by atoms with van der Waals surface area (Å²) in [6.07, 6.45) is 9.83. The summed E-state index contributed by atoms with van der Waals surface area (Å²) in [5, 5.41) is 4.11. The minimum absolute atomic E-state index is 0.00364. The fourth-order valence-electron chi connectivity index (χ4n) is 3.61. The topological polar surface area (TPSA) is 52.7 Å². The first kappa shape index (κ1) is 19.1. The Morgan fingerprint density at radius 1 is 1.27 bits per heavy atom. The van der Waals surface area contributed by atoms with Crippen LogP contribution in [0.25, 0.3) is 0 Å². The van der Waals surface area contributed by atoms with Crippen LogP contribution in [0, 0.1) is 5.92 Å². The molecule has 0 unspecified atom stereocenters. The van der Waals surface area contributed by atoms with E-state index in [0.717, 1.165) is 37.2 Å². The first-order chi connectivity index (χ1) is 12.5. The second-order valence-electron chi connectivity index (χ2n) is 7.52. The fraction of sp³-hybridized carbons (Fsp3) is 0.600. The van der Waals surface area contributed by atoms with Crippen molar-refractivity contribution in [3.8, 4) is 0 Å². The zero-order valence-electron chi connectivity index (χ0n) is 15.8. The van der Waals surface area contributed by atoms with E-state index in [1.54, 1.807) is 17.4 Å².